The van der Waals surface area contributed by atoms with Gasteiger partial charge in [0.25, 0.3) is 0 Å². The molecule has 19 heavy (non-hydrogen) atoms. The van der Waals surface area contributed by atoms with Gasteiger partial charge in [-0.2, -0.15) is 0 Å². The molecule has 0 radical (unpaired) electrons. The van der Waals surface area contributed by atoms with Gasteiger partial charge in [0.15, 0.2) is 0 Å². The number of hydrogen-bond acceptors (Lipinski definition) is 4. The molecule has 1 aromatic carbocycles. The van der Waals surface area contributed by atoms with Crippen LogP contribution in [0.1, 0.15) is 29.9 Å². The second-order valence-electron chi connectivity index (χ2n) is 4.83. The van der Waals surface area contributed by atoms with Gasteiger partial charge in [-0.1, -0.05) is 0 Å². The van der Waals surface area contributed by atoms with E-state index in [0.29, 0.717) is 16.9 Å². The molecule has 2 aromatic heterocycles. The maximum Gasteiger partial charge on any atom is 0.336 e. The van der Waals surface area contributed by atoms with Crippen LogP contribution >= 0.6 is 0 Å². The van der Waals surface area contributed by atoms with Gasteiger partial charge in [0.2, 0.25) is 0 Å². The van der Waals surface area contributed by atoms with Gasteiger partial charge in [0.1, 0.15) is 23.0 Å². The molecular formula is C15H14O4. The normalized spacial score (nSPS) is 13.3. The summed E-state index contributed by atoms with van der Waals surface area (Å²) in [4.78, 5) is 11.6. The van der Waals surface area contributed by atoms with E-state index in [-0.39, 0.29) is 5.63 Å². The minimum Gasteiger partial charge on any atom is -0.458 e. The summed E-state index contributed by atoms with van der Waals surface area (Å²) in [6.45, 7) is 5.38. The highest BCUT2D eigenvalue weighted by molar-refractivity contribution is 6.05. The Hall–Kier alpha value is -2.07. The molecule has 0 spiro atoms. The first-order chi connectivity index (χ1) is 8.99. The van der Waals surface area contributed by atoms with Crippen molar-refractivity contribution in [3.63, 3.8) is 0 Å². The summed E-state index contributed by atoms with van der Waals surface area (Å²) in [7, 11) is 0. The molecule has 3 aromatic rings. The minimum absolute atomic E-state index is 0.378. The van der Waals surface area contributed by atoms with Crippen LogP contribution in [-0.4, -0.2) is 5.11 Å². The molecule has 0 aliphatic carbocycles. The third-order valence-corrected chi connectivity index (χ3v) is 3.43. The molecule has 4 heteroatoms. The number of aliphatic hydroxyl groups is 1. The van der Waals surface area contributed by atoms with E-state index in [4.69, 9.17) is 8.83 Å². The maximum absolute atomic E-state index is 11.6. The van der Waals surface area contributed by atoms with E-state index in [1.165, 1.54) is 6.07 Å². The van der Waals surface area contributed by atoms with Crippen LogP contribution in [0.3, 0.4) is 0 Å². The highest BCUT2D eigenvalue weighted by Crippen LogP contribution is 2.34. The summed E-state index contributed by atoms with van der Waals surface area (Å²) >= 11 is 0. The van der Waals surface area contributed by atoms with Gasteiger partial charge in [-0.05, 0) is 38.5 Å². The number of aryl methyl sites for hydroxylation is 2. The molecular weight excluding hydrogens is 244 g/mol. The average Bonchev–Trinajstić information content (AvgIpc) is 2.67. The molecule has 0 aliphatic heterocycles. The molecule has 0 unspecified atom stereocenters. The molecule has 4 nitrogen and oxygen atoms in total. The Kier molecular flexibility index (Phi) is 2.50. The Morgan fingerprint density at radius 2 is 1.95 bits per heavy atom. The van der Waals surface area contributed by atoms with Crippen LogP contribution in [0, 0.1) is 13.8 Å². The van der Waals surface area contributed by atoms with Crippen LogP contribution in [0.25, 0.3) is 21.9 Å². The minimum atomic E-state index is -0.695. The summed E-state index contributed by atoms with van der Waals surface area (Å²) in [6, 6.07) is 5.17. The predicted octanol–water partition coefficient (Wildman–Crippen LogP) is 3.21. The fourth-order valence-electron chi connectivity index (χ4n) is 2.52. The quantitative estimate of drug-likeness (QED) is 0.681. The summed E-state index contributed by atoms with van der Waals surface area (Å²) in [5.41, 5.74) is 2.44. The van der Waals surface area contributed by atoms with Crippen LogP contribution in [0.4, 0.5) is 0 Å². The summed E-state index contributed by atoms with van der Waals surface area (Å²) < 4.78 is 11.0. The standard InChI is InChI=1S/C15H14O4/c1-7-6-12(17)19-15-10(7)4-5-11-13(15)8(2)14(18-11)9(3)16/h4-6,9,16H,1-3H3/t9-/m0/s1. The Labute approximate surface area is 109 Å². The van der Waals surface area contributed by atoms with Crippen LogP contribution in [0.15, 0.2) is 31.8 Å². The van der Waals surface area contributed by atoms with Crippen LogP contribution in [0.5, 0.6) is 0 Å². The van der Waals surface area contributed by atoms with Crippen LogP contribution in [-0.2, 0) is 0 Å². The lowest BCUT2D eigenvalue weighted by molar-refractivity contribution is 0.171. The van der Waals surface area contributed by atoms with Crippen molar-refractivity contribution in [3.8, 4) is 0 Å². The first-order valence-electron chi connectivity index (χ1n) is 6.13. The van der Waals surface area contributed by atoms with Gasteiger partial charge < -0.3 is 13.9 Å². The monoisotopic (exact) mass is 258 g/mol. The van der Waals surface area contributed by atoms with Gasteiger partial charge in [0.05, 0.1) is 5.39 Å². The van der Waals surface area contributed by atoms with Gasteiger partial charge in [0, 0.05) is 17.0 Å². The molecule has 3 rings (SSSR count). The van der Waals surface area contributed by atoms with Crippen LogP contribution in [0.2, 0.25) is 0 Å². The van der Waals surface area contributed by atoms with Gasteiger partial charge in [-0.25, -0.2) is 4.79 Å². The molecule has 0 aliphatic rings. The average molecular weight is 258 g/mol. The highest BCUT2D eigenvalue weighted by atomic mass is 16.4. The third-order valence-electron chi connectivity index (χ3n) is 3.43. The van der Waals surface area contributed by atoms with Crippen molar-refractivity contribution in [2.45, 2.75) is 26.9 Å². The number of rotatable bonds is 1. The Bertz CT molecular complexity index is 837. The number of benzene rings is 1. The van der Waals surface area contributed by atoms with Crippen molar-refractivity contribution in [2.75, 3.05) is 0 Å². The molecule has 2 heterocycles. The van der Waals surface area contributed by atoms with E-state index in [1.807, 2.05) is 26.0 Å². The fraction of sp³-hybridized carbons (Fsp3) is 0.267. The lowest BCUT2D eigenvalue weighted by atomic mass is 10.1. The smallest absolute Gasteiger partial charge is 0.336 e. The molecule has 0 saturated carbocycles. The molecule has 0 amide bonds. The van der Waals surface area contributed by atoms with Crippen LogP contribution < -0.4 is 5.63 Å². The summed E-state index contributed by atoms with van der Waals surface area (Å²) in [5, 5.41) is 11.3. The number of furan rings is 1. The van der Waals surface area contributed by atoms with Gasteiger partial charge in [-0.15, -0.1) is 0 Å². The van der Waals surface area contributed by atoms with Crippen molar-refractivity contribution < 1.29 is 13.9 Å². The van der Waals surface area contributed by atoms with E-state index in [2.05, 4.69) is 0 Å². The summed E-state index contributed by atoms with van der Waals surface area (Å²) in [5.74, 6) is 0.506. The topological polar surface area (TPSA) is 63.6 Å². The lowest BCUT2D eigenvalue weighted by Crippen LogP contribution is -1.98. The van der Waals surface area contributed by atoms with Crippen molar-refractivity contribution in [2.24, 2.45) is 0 Å². The molecule has 1 atom stereocenters. The second kappa shape index (κ2) is 3.96. The Morgan fingerprint density at radius 1 is 1.21 bits per heavy atom. The fourth-order valence-corrected chi connectivity index (χ4v) is 2.52. The maximum atomic E-state index is 11.6. The zero-order chi connectivity index (χ0) is 13.7. The third kappa shape index (κ3) is 1.68. The molecule has 98 valence electrons. The van der Waals surface area contributed by atoms with E-state index >= 15 is 0 Å². The largest absolute Gasteiger partial charge is 0.458 e. The lowest BCUT2D eigenvalue weighted by Gasteiger charge is -2.01. The van der Waals surface area contributed by atoms with Crippen molar-refractivity contribution in [3.05, 3.63) is 45.5 Å². The van der Waals surface area contributed by atoms with E-state index in [0.717, 1.165) is 21.9 Å². The van der Waals surface area contributed by atoms with Gasteiger partial charge >= 0.3 is 5.63 Å². The van der Waals surface area contributed by atoms with E-state index in [1.54, 1.807) is 6.92 Å². The van der Waals surface area contributed by atoms with E-state index in [9.17, 15) is 9.90 Å². The van der Waals surface area contributed by atoms with Crippen molar-refractivity contribution >= 4 is 21.9 Å². The Balaban J connectivity index is 2.55. The van der Waals surface area contributed by atoms with E-state index < -0.39 is 6.10 Å². The number of aliphatic hydroxyl groups excluding tert-OH is 1. The summed E-state index contributed by atoms with van der Waals surface area (Å²) in [6.07, 6.45) is -0.695. The highest BCUT2D eigenvalue weighted by Gasteiger charge is 2.18. The molecule has 0 bridgehead atoms. The Morgan fingerprint density at radius 3 is 2.63 bits per heavy atom. The number of hydrogen-bond donors (Lipinski definition) is 1. The second-order valence-corrected chi connectivity index (χ2v) is 4.83. The first kappa shape index (κ1) is 12.0. The van der Waals surface area contributed by atoms with Crippen molar-refractivity contribution in [1.82, 2.24) is 0 Å². The molecule has 1 N–H and O–H groups in total. The predicted molar refractivity (Wildman–Crippen MR) is 72.4 cm³/mol. The SMILES string of the molecule is Cc1cc(=O)oc2c1ccc1oc([C@H](C)O)c(C)c12. The molecule has 0 saturated heterocycles. The van der Waals surface area contributed by atoms with Gasteiger partial charge in [-0.3, -0.25) is 0 Å². The zero-order valence-corrected chi connectivity index (χ0v) is 11.0. The number of fused-ring (bicyclic) bond motifs is 3. The first-order valence-corrected chi connectivity index (χ1v) is 6.13. The zero-order valence-electron chi connectivity index (χ0n) is 11.0. The molecule has 0 fully saturated rings. The van der Waals surface area contributed by atoms with Crippen molar-refractivity contribution in [1.29, 1.82) is 0 Å².